The van der Waals surface area contributed by atoms with Gasteiger partial charge in [0.1, 0.15) is 24.7 Å². The number of amides is 3. The first-order valence-corrected chi connectivity index (χ1v) is 9.50. The molecule has 166 valence electrons. The van der Waals surface area contributed by atoms with Gasteiger partial charge in [-0.15, -0.1) is 0 Å². The minimum atomic E-state index is -0.996. The van der Waals surface area contributed by atoms with Gasteiger partial charge in [-0.1, -0.05) is 18.2 Å². The average Bonchev–Trinajstić information content (AvgIpc) is 2.65. The van der Waals surface area contributed by atoms with E-state index in [9.17, 15) is 19.2 Å². The Bertz CT molecular complexity index is 780. The second kappa shape index (κ2) is 10.6. The van der Waals surface area contributed by atoms with E-state index in [0.717, 1.165) is 11.1 Å². The van der Waals surface area contributed by atoms with Crippen LogP contribution in [0, 0.1) is 13.8 Å². The number of aryl methyl sites for hydroxylation is 2. The van der Waals surface area contributed by atoms with Gasteiger partial charge in [0, 0.05) is 7.05 Å². The highest BCUT2D eigenvalue weighted by Gasteiger charge is 2.31. The van der Waals surface area contributed by atoms with Crippen LogP contribution >= 0.6 is 0 Å². The number of esters is 1. The molecular weight excluding hydrogens is 390 g/mol. The zero-order valence-electron chi connectivity index (χ0n) is 18.6. The Morgan fingerprint density at radius 3 is 2.10 bits per heavy atom. The van der Waals surface area contributed by atoms with Gasteiger partial charge in [-0.25, -0.2) is 4.79 Å². The van der Waals surface area contributed by atoms with Crippen LogP contribution in [0.4, 0.5) is 4.79 Å². The van der Waals surface area contributed by atoms with Crippen molar-refractivity contribution in [1.82, 2.24) is 15.5 Å². The first kappa shape index (κ1) is 24.9. The Morgan fingerprint density at radius 1 is 1.03 bits per heavy atom. The molecule has 3 amide bonds. The highest BCUT2D eigenvalue weighted by atomic mass is 16.6. The molecule has 0 bridgehead atoms. The van der Waals surface area contributed by atoms with Crippen molar-refractivity contribution in [3.63, 3.8) is 0 Å². The van der Waals surface area contributed by atoms with Crippen molar-refractivity contribution < 1.29 is 28.7 Å². The van der Waals surface area contributed by atoms with Crippen LogP contribution in [0.15, 0.2) is 18.2 Å². The molecule has 0 aliphatic rings. The van der Waals surface area contributed by atoms with Gasteiger partial charge in [0.15, 0.2) is 0 Å². The normalized spacial score (nSPS) is 11.8. The number of carbonyl (C=O) groups is 4. The number of carbonyl (C=O) groups excluding carboxylic acids is 4. The molecule has 0 spiro atoms. The number of likely N-dealkylation sites (N-methyl/N-ethyl adjacent to an activating group) is 1. The standard InChI is InChI=1S/C21H31N3O6/c1-13-9-8-10-14(2)17(13)18(19(27)22-12-16(26)29-7)24(6)15(25)11-23-20(28)30-21(3,4)5/h8-10,18H,11-12H2,1-7H3,(H,22,27)(H,23,28). The summed E-state index contributed by atoms with van der Waals surface area (Å²) in [6.45, 7) is 8.13. The van der Waals surface area contributed by atoms with Crippen molar-refractivity contribution in [3.05, 3.63) is 34.9 Å². The number of nitrogens with zero attached hydrogens (tertiary/aromatic N) is 1. The number of hydrogen-bond donors (Lipinski definition) is 2. The molecule has 0 radical (unpaired) electrons. The Kier molecular flexibility index (Phi) is 8.82. The predicted octanol–water partition coefficient (Wildman–Crippen LogP) is 1.62. The average molecular weight is 421 g/mol. The molecule has 9 heteroatoms. The third-order valence-corrected chi connectivity index (χ3v) is 4.26. The largest absolute Gasteiger partial charge is 0.468 e. The van der Waals surface area contributed by atoms with Gasteiger partial charge < -0.3 is 25.0 Å². The van der Waals surface area contributed by atoms with Gasteiger partial charge in [0.05, 0.1) is 7.11 Å². The Morgan fingerprint density at radius 2 is 1.60 bits per heavy atom. The number of alkyl carbamates (subject to hydrolysis) is 1. The van der Waals surface area contributed by atoms with Crippen LogP contribution in [-0.2, 0) is 23.9 Å². The molecule has 1 aromatic rings. The molecule has 0 aromatic heterocycles. The van der Waals surface area contributed by atoms with Crippen LogP contribution in [0.5, 0.6) is 0 Å². The molecule has 0 fully saturated rings. The zero-order valence-corrected chi connectivity index (χ0v) is 18.6. The second-order valence-electron chi connectivity index (χ2n) is 7.86. The summed E-state index contributed by atoms with van der Waals surface area (Å²) in [5.74, 6) is -1.64. The van der Waals surface area contributed by atoms with Crippen LogP contribution in [0.1, 0.15) is 43.5 Å². The highest BCUT2D eigenvalue weighted by Crippen LogP contribution is 2.26. The molecule has 1 aromatic carbocycles. The third-order valence-electron chi connectivity index (χ3n) is 4.26. The summed E-state index contributed by atoms with van der Waals surface area (Å²) >= 11 is 0. The molecule has 0 aliphatic carbocycles. The van der Waals surface area contributed by atoms with Crippen molar-refractivity contribution in [2.75, 3.05) is 27.2 Å². The first-order valence-electron chi connectivity index (χ1n) is 9.50. The summed E-state index contributed by atoms with van der Waals surface area (Å²) in [5.41, 5.74) is 1.57. The van der Waals surface area contributed by atoms with Crippen molar-refractivity contribution in [3.8, 4) is 0 Å². The Hall–Kier alpha value is -3.10. The molecule has 0 saturated heterocycles. The molecule has 1 unspecified atom stereocenters. The fourth-order valence-electron chi connectivity index (χ4n) is 2.82. The van der Waals surface area contributed by atoms with E-state index < -0.39 is 35.5 Å². The van der Waals surface area contributed by atoms with Crippen molar-refractivity contribution in [1.29, 1.82) is 0 Å². The Labute approximate surface area is 177 Å². The SMILES string of the molecule is COC(=O)CNC(=O)C(c1c(C)cccc1C)N(C)C(=O)CNC(=O)OC(C)(C)C. The summed E-state index contributed by atoms with van der Waals surface area (Å²) in [5, 5.41) is 4.89. The van der Waals surface area contributed by atoms with E-state index >= 15 is 0 Å². The summed E-state index contributed by atoms with van der Waals surface area (Å²) < 4.78 is 9.68. The number of ether oxygens (including phenoxy) is 2. The van der Waals surface area contributed by atoms with Crippen LogP contribution in [0.25, 0.3) is 0 Å². The number of nitrogens with one attached hydrogen (secondary N) is 2. The van der Waals surface area contributed by atoms with E-state index in [4.69, 9.17) is 4.74 Å². The quantitative estimate of drug-likeness (QED) is 0.647. The lowest BCUT2D eigenvalue weighted by Gasteiger charge is -2.30. The summed E-state index contributed by atoms with van der Waals surface area (Å²) in [4.78, 5) is 50.2. The topological polar surface area (TPSA) is 114 Å². The van der Waals surface area contributed by atoms with Gasteiger partial charge in [-0.05, 0) is 51.3 Å². The molecular formula is C21H31N3O6. The fourth-order valence-corrected chi connectivity index (χ4v) is 2.82. The fraction of sp³-hybridized carbons (Fsp3) is 0.524. The second-order valence-corrected chi connectivity index (χ2v) is 7.86. The molecule has 9 nitrogen and oxygen atoms in total. The monoisotopic (exact) mass is 421 g/mol. The van der Waals surface area contributed by atoms with Gasteiger partial charge in [0.25, 0.3) is 0 Å². The zero-order chi connectivity index (χ0) is 23.1. The highest BCUT2D eigenvalue weighted by molar-refractivity contribution is 5.92. The lowest BCUT2D eigenvalue weighted by molar-refractivity contribution is -0.143. The van der Waals surface area contributed by atoms with Crippen LogP contribution < -0.4 is 10.6 Å². The van der Waals surface area contributed by atoms with E-state index in [1.807, 2.05) is 32.0 Å². The molecule has 0 heterocycles. The van der Waals surface area contributed by atoms with Gasteiger partial charge in [-0.2, -0.15) is 0 Å². The lowest BCUT2D eigenvalue weighted by Crippen LogP contribution is -2.47. The van der Waals surface area contributed by atoms with Gasteiger partial charge in [-0.3, -0.25) is 14.4 Å². The number of hydrogen-bond acceptors (Lipinski definition) is 6. The summed E-state index contributed by atoms with van der Waals surface area (Å²) in [6, 6.07) is 4.52. The van der Waals surface area contributed by atoms with Crippen LogP contribution in [0.3, 0.4) is 0 Å². The minimum absolute atomic E-state index is 0.324. The lowest BCUT2D eigenvalue weighted by atomic mass is 9.94. The third kappa shape index (κ3) is 7.38. The molecule has 30 heavy (non-hydrogen) atoms. The first-order chi connectivity index (χ1) is 13.9. The molecule has 1 atom stereocenters. The van der Waals surface area contributed by atoms with Crippen LogP contribution in [-0.4, -0.2) is 61.6 Å². The maximum absolute atomic E-state index is 12.9. The van der Waals surface area contributed by atoms with Crippen molar-refractivity contribution in [2.24, 2.45) is 0 Å². The molecule has 0 aliphatic heterocycles. The number of rotatable bonds is 7. The number of methoxy groups -OCH3 is 1. The van der Waals surface area contributed by atoms with E-state index in [1.54, 1.807) is 20.8 Å². The van der Waals surface area contributed by atoms with Crippen LogP contribution in [0.2, 0.25) is 0 Å². The van der Waals surface area contributed by atoms with Gasteiger partial charge >= 0.3 is 12.1 Å². The summed E-state index contributed by atoms with van der Waals surface area (Å²) in [7, 11) is 2.68. The van der Waals surface area contributed by atoms with Crippen molar-refractivity contribution >= 4 is 23.9 Å². The number of benzene rings is 1. The molecule has 1 rings (SSSR count). The maximum atomic E-state index is 12.9. The Balaban J connectivity index is 3.06. The minimum Gasteiger partial charge on any atom is -0.468 e. The molecule has 0 saturated carbocycles. The predicted molar refractivity (Wildman–Crippen MR) is 111 cm³/mol. The smallest absolute Gasteiger partial charge is 0.408 e. The van der Waals surface area contributed by atoms with Crippen molar-refractivity contribution in [2.45, 2.75) is 46.3 Å². The van der Waals surface area contributed by atoms with E-state index in [-0.39, 0.29) is 13.1 Å². The van der Waals surface area contributed by atoms with Gasteiger partial charge in [0.2, 0.25) is 11.8 Å². The molecule has 2 N–H and O–H groups in total. The summed E-state index contributed by atoms with van der Waals surface area (Å²) in [6.07, 6.45) is -0.733. The van der Waals surface area contributed by atoms with E-state index in [1.165, 1.54) is 19.1 Å². The van der Waals surface area contributed by atoms with E-state index in [0.29, 0.717) is 5.56 Å². The maximum Gasteiger partial charge on any atom is 0.408 e. The van der Waals surface area contributed by atoms with E-state index in [2.05, 4.69) is 15.4 Å².